The van der Waals surface area contributed by atoms with Gasteiger partial charge in [0.05, 0.1) is 22.5 Å². The number of carbonyl (C=O) groups is 1. The Bertz CT molecular complexity index is 734. The number of aryl methyl sites for hydroxylation is 1. The van der Waals surface area contributed by atoms with Gasteiger partial charge < -0.3 is 10.3 Å². The van der Waals surface area contributed by atoms with Crippen LogP contribution >= 0.6 is 0 Å². The number of aromatic amines is 1. The number of para-hydroxylation sites is 2. The Kier molecular flexibility index (Phi) is 3.67. The Balaban J connectivity index is 1.54. The number of nitrogens with one attached hydrogen (secondary N) is 2. The Hall–Kier alpha value is -1.89. The Labute approximate surface area is 122 Å². The number of aromatic nitrogens is 2. The Morgan fingerprint density at radius 1 is 1.38 bits per heavy atom. The van der Waals surface area contributed by atoms with E-state index in [1.165, 1.54) is 0 Å². The first-order chi connectivity index (χ1) is 10.0. The topological polar surface area (TPSA) is 91.9 Å². The van der Waals surface area contributed by atoms with Gasteiger partial charge in [0.25, 0.3) is 0 Å². The maximum atomic E-state index is 11.9. The van der Waals surface area contributed by atoms with Crippen LogP contribution in [0.3, 0.4) is 0 Å². The average molecular weight is 307 g/mol. The van der Waals surface area contributed by atoms with Crippen molar-refractivity contribution >= 4 is 26.8 Å². The molecule has 2 heterocycles. The van der Waals surface area contributed by atoms with Gasteiger partial charge in [0.1, 0.15) is 5.82 Å². The fourth-order valence-electron chi connectivity index (χ4n) is 2.56. The van der Waals surface area contributed by atoms with Crippen LogP contribution in [0.4, 0.5) is 0 Å². The summed E-state index contributed by atoms with van der Waals surface area (Å²) in [6.45, 7) is 0. The van der Waals surface area contributed by atoms with Gasteiger partial charge in [-0.3, -0.25) is 4.79 Å². The quantitative estimate of drug-likeness (QED) is 0.874. The number of hydrogen-bond donors (Lipinski definition) is 2. The third kappa shape index (κ3) is 3.41. The third-order valence-corrected chi connectivity index (χ3v) is 5.39. The summed E-state index contributed by atoms with van der Waals surface area (Å²) in [7, 11) is -2.96. The lowest BCUT2D eigenvalue weighted by atomic mass is 10.2. The van der Waals surface area contributed by atoms with Crippen LogP contribution in [0.1, 0.15) is 18.7 Å². The van der Waals surface area contributed by atoms with Crippen molar-refractivity contribution in [2.45, 2.75) is 25.3 Å². The molecule has 1 fully saturated rings. The zero-order valence-corrected chi connectivity index (χ0v) is 12.3. The number of rotatable bonds is 4. The normalized spacial score (nSPS) is 20.7. The SMILES string of the molecule is O=C(CCc1nc2ccccc2[nH]1)NC1CCS(=O)(=O)C1. The van der Waals surface area contributed by atoms with Gasteiger partial charge >= 0.3 is 0 Å². The fourth-order valence-corrected chi connectivity index (χ4v) is 4.24. The molecule has 2 aromatic rings. The van der Waals surface area contributed by atoms with E-state index in [0.717, 1.165) is 16.9 Å². The number of fused-ring (bicyclic) bond motifs is 1. The predicted octanol–water partition coefficient (Wildman–Crippen LogP) is 0.799. The minimum Gasteiger partial charge on any atom is -0.352 e. The van der Waals surface area contributed by atoms with E-state index in [4.69, 9.17) is 0 Å². The molecule has 0 aliphatic carbocycles. The van der Waals surface area contributed by atoms with Crippen LogP contribution in [0.15, 0.2) is 24.3 Å². The molecule has 1 aliphatic rings. The van der Waals surface area contributed by atoms with Gasteiger partial charge in [0.2, 0.25) is 5.91 Å². The molecule has 0 saturated carbocycles. The molecule has 3 rings (SSSR count). The summed E-state index contributed by atoms with van der Waals surface area (Å²) in [5.41, 5.74) is 1.84. The van der Waals surface area contributed by atoms with Crippen LogP contribution < -0.4 is 5.32 Å². The molecule has 21 heavy (non-hydrogen) atoms. The lowest BCUT2D eigenvalue weighted by Crippen LogP contribution is -2.35. The maximum Gasteiger partial charge on any atom is 0.220 e. The average Bonchev–Trinajstić information content (AvgIpc) is 2.99. The van der Waals surface area contributed by atoms with Gasteiger partial charge in [-0.25, -0.2) is 13.4 Å². The second-order valence-corrected chi connectivity index (χ2v) is 7.60. The van der Waals surface area contributed by atoms with Crippen molar-refractivity contribution in [2.75, 3.05) is 11.5 Å². The number of benzene rings is 1. The number of imidazole rings is 1. The third-order valence-electron chi connectivity index (χ3n) is 3.62. The van der Waals surface area contributed by atoms with Crippen molar-refractivity contribution in [2.24, 2.45) is 0 Å². The van der Waals surface area contributed by atoms with Crippen molar-refractivity contribution in [3.63, 3.8) is 0 Å². The van der Waals surface area contributed by atoms with Gasteiger partial charge in [-0.1, -0.05) is 12.1 Å². The highest BCUT2D eigenvalue weighted by atomic mass is 32.2. The molecular weight excluding hydrogens is 290 g/mol. The largest absolute Gasteiger partial charge is 0.352 e. The second-order valence-electron chi connectivity index (χ2n) is 5.37. The first-order valence-electron chi connectivity index (χ1n) is 6.95. The molecule has 112 valence electrons. The summed E-state index contributed by atoms with van der Waals surface area (Å²) >= 11 is 0. The molecule has 1 aliphatic heterocycles. The van der Waals surface area contributed by atoms with Gasteiger partial charge in [-0.15, -0.1) is 0 Å². The van der Waals surface area contributed by atoms with Gasteiger partial charge in [-0.05, 0) is 18.6 Å². The molecule has 1 unspecified atom stereocenters. The zero-order chi connectivity index (χ0) is 14.9. The maximum absolute atomic E-state index is 11.9. The van der Waals surface area contributed by atoms with Gasteiger partial charge in [0, 0.05) is 18.9 Å². The number of nitrogens with zero attached hydrogens (tertiary/aromatic N) is 1. The van der Waals surface area contributed by atoms with Crippen molar-refractivity contribution < 1.29 is 13.2 Å². The lowest BCUT2D eigenvalue weighted by molar-refractivity contribution is -0.121. The van der Waals surface area contributed by atoms with Crippen LogP contribution in [-0.2, 0) is 21.1 Å². The van der Waals surface area contributed by atoms with E-state index >= 15 is 0 Å². The number of hydrogen-bond acceptors (Lipinski definition) is 4. The number of amides is 1. The summed E-state index contributed by atoms with van der Waals surface area (Å²) in [4.78, 5) is 19.4. The standard InChI is InChI=1S/C14H17N3O3S/c18-14(15-10-7-8-21(19,20)9-10)6-5-13-16-11-3-1-2-4-12(11)17-13/h1-4,10H,5-9H2,(H,15,18)(H,16,17). The van der Waals surface area contributed by atoms with Crippen LogP contribution in [0.2, 0.25) is 0 Å². The van der Waals surface area contributed by atoms with Gasteiger partial charge in [0.15, 0.2) is 9.84 Å². The van der Waals surface area contributed by atoms with E-state index in [1.807, 2.05) is 24.3 Å². The Morgan fingerprint density at radius 2 is 2.19 bits per heavy atom. The number of carbonyl (C=O) groups excluding carboxylic acids is 1. The Morgan fingerprint density at radius 3 is 2.90 bits per heavy atom. The van der Waals surface area contributed by atoms with E-state index in [9.17, 15) is 13.2 Å². The van der Waals surface area contributed by atoms with Crippen LogP contribution in [0, 0.1) is 0 Å². The van der Waals surface area contributed by atoms with Crippen molar-refractivity contribution in [1.82, 2.24) is 15.3 Å². The molecule has 1 aromatic heterocycles. The first-order valence-corrected chi connectivity index (χ1v) is 8.77. The molecule has 0 radical (unpaired) electrons. The fraction of sp³-hybridized carbons (Fsp3) is 0.429. The predicted molar refractivity (Wildman–Crippen MR) is 79.6 cm³/mol. The van der Waals surface area contributed by atoms with E-state index < -0.39 is 9.84 Å². The molecule has 1 atom stereocenters. The molecule has 7 heteroatoms. The summed E-state index contributed by atoms with van der Waals surface area (Å²) in [5, 5.41) is 2.78. The highest BCUT2D eigenvalue weighted by Crippen LogP contribution is 2.13. The summed E-state index contributed by atoms with van der Waals surface area (Å²) in [6, 6.07) is 7.46. The molecular formula is C14H17N3O3S. The van der Waals surface area contributed by atoms with Crippen molar-refractivity contribution in [3.05, 3.63) is 30.1 Å². The summed E-state index contributed by atoms with van der Waals surface area (Å²) in [6.07, 6.45) is 1.33. The molecule has 6 nitrogen and oxygen atoms in total. The number of H-pyrrole nitrogens is 1. The highest BCUT2D eigenvalue weighted by molar-refractivity contribution is 7.91. The smallest absolute Gasteiger partial charge is 0.220 e. The molecule has 0 bridgehead atoms. The van der Waals surface area contributed by atoms with Crippen LogP contribution in [0.25, 0.3) is 11.0 Å². The van der Waals surface area contributed by atoms with Crippen molar-refractivity contribution in [3.8, 4) is 0 Å². The first kappa shape index (κ1) is 14.1. The van der Waals surface area contributed by atoms with E-state index in [2.05, 4.69) is 15.3 Å². The van der Waals surface area contributed by atoms with E-state index in [1.54, 1.807) is 0 Å². The highest BCUT2D eigenvalue weighted by Gasteiger charge is 2.28. The van der Waals surface area contributed by atoms with Crippen molar-refractivity contribution in [1.29, 1.82) is 0 Å². The second kappa shape index (κ2) is 5.48. The minimum absolute atomic E-state index is 0.0589. The van der Waals surface area contributed by atoms with E-state index in [0.29, 0.717) is 19.3 Å². The monoisotopic (exact) mass is 307 g/mol. The van der Waals surface area contributed by atoms with E-state index in [-0.39, 0.29) is 23.5 Å². The van der Waals surface area contributed by atoms with Gasteiger partial charge in [-0.2, -0.15) is 0 Å². The lowest BCUT2D eigenvalue weighted by Gasteiger charge is -2.09. The van der Waals surface area contributed by atoms with Crippen LogP contribution in [-0.4, -0.2) is 41.8 Å². The molecule has 1 saturated heterocycles. The molecule has 1 amide bonds. The number of sulfone groups is 1. The molecule has 2 N–H and O–H groups in total. The minimum atomic E-state index is -2.96. The summed E-state index contributed by atoms with van der Waals surface area (Å²) in [5.74, 6) is 0.869. The molecule has 1 aromatic carbocycles. The summed E-state index contributed by atoms with van der Waals surface area (Å²) < 4.78 is 22.7. The zero-order valence-electron chi connectivity index (χ0n) is 11.5. The van der Waals surface area contributed by atoms with Crippen LogP contribution in [0.5, 0.6) is 0 Å². The molecule has 0 spiro atoms.